The number of nitrogens with zero attached hydrogens (tertiary/aromatic N) is 2. The molecule has 2 aromatic heterocycles. The van der Waals surface area contributed by atoms with E-state index in [1.54, 1.807) is 0 Å². The van der Waals surface area contributed by atoms with Crippen LogP contribution in [0.2, 0.25) is 0 Å². The smallest absolute Gasteiger partial charge is 0.137 e. The highest BCUT2D eigenvalue weighted by Gasteiger charge is 2.12. The molecule has 0 atom stereocenters. The molecule has 0 N–H and O–H groups in total. The van der Waals surface area contributed by atoms with Crippen molar-refractivity contribution in [2.45, 2.75) is 26.2 Å². The minimum Gasteiger partial charge on any atom is -0.306 e. The zero-order valence-corrected chi connectivity index (χ0v) is 11.1. The Balaban J connectivity index is 1.85. The van der Waals surface area contributed by atoms with Crippen LogP contribution in [-0.4, -0.2) is 9.38 Å². The summed E-state index contributed by atoms with van der Waals surface area (Å²) in [4.78, 5) is 4.73. The number of pyridine rings is 1. The van der Waals surface area contributed by atoms with Gasteiger partial charge in [-0.05, 0) is 61.1 Å². The van der Waals surface area contributed by atoms with Crippen molar-refractivity contribution in [1.82, 2.24) is 9.38 Å². The average Bonchev–Trinajstić information content (AvgIpc) is 3.02. The number of hydrogen-bond donors (Lipinski definition) is 0. The van der Waals surface area contributed by atoms with Gasteiger partial charge in [-0.2, -0.15) is 0 Å². The third kappa shape index (κ3) is 1.75. The second kappa shape index (κ2) is 3.95. The summed E-state index contributed by atoms with van der Waals surface area (Å²) < 4.78 is 2.09. The Morgan fingerprint density at radius 3 is 2.89 bits per heavy atom. The first-order valence-electron chi connectivity index (χ1n) is 6.87. The fraction of sp³-hybridized carbons (Fsp3) is 0.235. The van der Waals surface area contributed by atoms with Gasteiger partial charge in [-0.15, -0.1) is 0 Å². The van der Waals surface area contributed by atoms with E-state index in [2.05, 4.69) is 54.0 Å². The fourth-order valence-electron chi connectivity index (χ4n) is 2.95. The number of hydrogen-bond acceptors (Lipinski definition) is 1. The van der Waals surface area contributed by atoms with Crippen molar-refractivity contribution in [3.05, 3.63) is 59.4 Å². The van der Waals surface area contributed by atoms with Crippen LogP contribution in [0, 0.1) is 6.92 Å². The first-order valence-corrected chi connectivity index (χ1v) is 6.87. The Morgan fingerprint density at radius 2 is 1.95 bits per heavy atom. The van der Waals surface area contributed by atoms with E-state index in [1.165, 1.54) is 41.5 Å². The number of rotatable bonds is 1. The van der Waals surface area contributed by atoms with Gasteiger partial charge in [0.2, 0.25) is 0 Å². The van der Waals surface area contributed by atoms with Crippen LogP contribution in [0.4, 0.5) is 0 Å². The summed E-state index contributed by atoms with van der Waals surface area (Å²) >= 11 is 0. The SMILES string of the molecule is Cc1ccn2cc(-c3ccc4c(c3)CCC4)nc2c1. The van der Waals surface area contributed by atoms with Crippen LogP contribution in [0.5, 0.6) is 0 Å². The summed E-state index contributed by atoms with van der Waals surface area (Å²) in [6.07, 6.45) is 7.94. The quantitative estimate of drug-likeness (QED) is 0.640. The lowest BCUT2D eigenvalue weighted by Gasteiger charge is -2.01. The topological polar surface area (TPSA) is 17.3 Å². The maximum Gasteiger partial charge on any atom is 0.137 e. The Labute approximate surface area is 112 Å². The molecule has 2 nitrogen and oxygen atoms in total. The van der Waals surface area contributed by atoms with Gasteiger partial charge in [0.05, 0.1) is 5.69 Å². The molecule has 0 saturated carbocycles. The molecule has 1 aliphatic carbocycles. The Bertz CT molecular complexity index is 768. The first-order chi connectivity index (χ1) is 9.29. The molecule has 2 heteroatoms. The highest BCUT2D eigenvalue weighted by atomic mass is 15.0. The van der Waals surface area contributed by atoms with Crippen molar-refractivity contribution in [1.29, 1.82) is 0 Å². The van der Waals surface area contributed by atoms with Gasteiger partial charge in [-0.25, -0.2) is 4.98 Å². The summed E-state index contributed by atoms with van der Waals surface area (Å²) in [5, 5.41) is 0. The summed E-state index contributed by atoms with van der Waals surface area (Å²) in [7, 11) is 0. The molecule has 0 unspecified atom stereocenters. The van der Waals surface area contributed by atoms with Crippen molar-refractivity contribution >= 4 is 5.65 Å². The van der Waals surface area contributed by atoms with Crippen LogP contribution in [-0.2, 0) is 12.8 Å². The van der Waals surface area contributed by atoms with Crippen LogP contribution in [0.1, 0.15) is 23.1 Å². The molecule has 2 heterocycles. The van der Waals surface area contributed by atoms with Crippen LogP contribution < -0.4 is 0 Å². The molecule has 0 bridgehead atoms. The molecule has 3 aromatic rings. The van der Waals surface area contributed by atoms with Crippen LogP contribution in [0.15, 0.2) is 42.7 Å². The standard InChI is InChI=1S/C17H16N2/c1-12-7-8-19-11-16(18-17(19)9-12)15-6-5-13-3-2-4-14(13)10-15/h5-11H,2-4H2,1H3. The van der Waals surface area contributed by atoms with E-state index in [0.29, 0.717) is 0 Å². The number of aryl methyl sites for hydroxylation is 3. The fourth-order valence-corrected chi connectivity index (χ4v) is 2.95. The number of imidazole rings is 1. The Hall–Kier alpha value is -2.09. The van der Waals surface area contributed by atoms with Gasteiger partial charge in [0.15, 0.2) is 0 Å². The molecule has 0 spiro atoms. The van der Waals surface area contributed by atoms with E-state index in [-0.39, 0.29) is 0 Å². The molecule has 19 heavy (non-hydrogen) atoms. The zero-order chi connectivity index (χ0) is 12.8. The van der Waals surface area contributed by atoms with Crippen molar-refractivity contribution in [3.8, 4) is 11.3 Å². The predicted octanol–water partition coefficient (Wildman–Crippen LogP) is 3.80. The monoisotopic (exact) mass is 248 g/mol. The third-order valence-electron chi connectivity index (χ3n) is 4.01. The van der Waals surface area contributed by atoms with E-state index in [4.69, 9.17) is 4.98 Å². The largest absolute Gasteiger partial charge is 0.306 e. The van der Waals surface area contributed by atoms with Gasteiger partial charge >= 0.3 is 0 Å². The summed E-state index contributed by atoms with van der Waals surface area (Å²) in [5.74, 6) is 0. The van der Waals surface area contributed by atoms with E-state index in [0.717, 1.165) is 11.3 Å². The molecular formula is C17H16N2. The summed E-state index contributed by atoms with van der Waals surface area (Å²) in [6, 6.07) is 11.0. The van der Waals surface area contributed by atoms with Gasteiger partial charge in [0.1, 0.15) is 5.65 Å². The van der Waals surface area contributed by atoms with Crippen LogP contribution in [0.25, 0.3) is 16.9 Å². The second-order valence-electron chi connectivity index (χ2n) is 5.43. The third-order valence-corrected chi connectivity index (χ3v) is 4.01. The molecule has 0 fully saturated rings. The lowest BCUT2D eigenvalue weighted by Crippen LogP contribution is -1.84. The predicted molar refractivity (Wildman–Crippen MR) is 77.4 cm³/mol. The van der Waals surface area contributed by atoms with E-state index >= 15 is 0 Å². The van der Waals surface area contributed by atoms with Crippen molar-refractivity contribution in [2.24, 2.45) is 0 Å². The molecule has 0 aliphatic heterocycles. The zero-order valence-electron chi connectivity index (χ0n) is 11.1. The molecule has 0 amide bonds. The van der Waals surface area contributed by atoms with Crippen molar-refractivity contribution < 1.29 is 0 Å². The molecule has 0 radical (unpaired) electrons. The molecular weight excluding hydrogens is 232 g/mol. The Morgan fingerprint density at radius 1 is 1.05 bits per heavy atom. The van der Waals surface area contributed by atoms with Gasteiger partial charge in [-0.3, -0.25) is 0 Å². The number of aromatic nitrogens is 2. The van der Waals surface area contributed by atoms with E-state index in [9.17, 15) is 0 Å². The highest BCUT2D eigenvalue weighted by Crippen LogP contribution is 2.27. The van der Waals surface area contributed by atoms with E-state index < -0.39 is 0 Å². The highest BCUT2D eigenvalue weighted by molar-refractivity contribution is 5.64. The number of benzene rings is 1. The lowest BCUT2D eigenvalue weighted by molar-refractivity contribution is 0.912. The normalized spacial score (nSPS) is 13.9. The van der Waals surface area contributed by atoms with Gasteiger partial charge in [0, 0.05) is 18.0 Å². The molecule has 4 rings (SSSR count). The molecule has 0 saturated heterocycles. The van der Waals surface area contributed by atoms with Gasteiger partial charge < -0.3 is 4.40 Å². The molecule has 1 aliphatic rings. The van der Waals surface area contributed by atoms with Gasteiger partial charge in [-0.1, -0.05) is 12.1 Å². The van der Waals surface area contributed by atoms with Crippen molar-refractivity contribution in [2.75, 3.05) is 0 Å². The Kier molecular flexibility index (Phi) is 2.25. The van der Waals surface area contributed by atoms with E-state index in [1.807, 2.05) is 0 Å². The summed E-state index contributed by atoms with van der Waals surface area (Å²) in [5.41, 5.74) is 7.60. The minimum absolute atomic E-state index is 1.02. The average molecular weight is 248 g/mol. The molecule has 1 aromatic carbocycles. The maximum atomic E-state index is 4.73. The number of fused-ring (bicyclic) bond motifs is 2. The minimum atomic E-state index is 1.02. The van der Waals surface area contributed by atoms with Crippen molar-refractivity contribution in [3.63, 3.8) is 0 Å². The van der Waals surface area contributed by atoms with Gasteiger partial charge in [0.25, 0.3) is 0 Å². The lowest BCUT2D eigenvalue weighted by atomic mass is 10.1. The maximum absolute atomic E-state index is 4.73. The van der Waals surface area contributed by atoms with Crippen LogP contribution in [0.3, 0.4) is 0 Å². The second-order valence-corrected chi connectivity index (χ2v) is 5.43. The first kappa shape index (κ1) is 10.8. The summed E-state index contributed by atoms with van der Waals surface area (Å²) in [6.45, 7) is 2.10. The molecule has 94 valence electrons. The van der Waals surface area contributed by atoms with Crippen LogP contribution >= 0.6 is 0 Å².